The van der Waals surface area contributed by atoms with Crippen LogP contribution in [0.1, 0.15) is 11.3 Å². The summed E-state index contributed by atoms with van der Waals surface area (Å²) in [4.78, 5) is 20.8. The van der Waals surface area contributed by atoms with Crippen LogP contribution in [0.5, 0.6) is 5.88 Å². The number of hydrogen-bond acceptors (Lipinski definition) is 5. The van der Waals surface area contributed by atoms with E-state index in [9.17, 15) is 9.18 Å². The molecule has 144 valence electrons. The van der Waals surface area contributed by atoms with E-state index in [0.29, 0.717) is 29.3 Å². The number of benzene rings is 2. The van der Waals surface area contributed by atoms with Gasteiger partial charge in [-0.2, -0.15) is 5.10 Å². The maximum Gasteiger partial charge on any atom is 0.414 e. The number of nitrogens with one attached hydrogen (secondary N) is 1. The van der Waals surface area contributed by atoms with Gasteiger partial charge in [-0.3, -0.25) is 4.57 Å². The molecule has 0 spiro atoms. The third-order valence-corrected chi connectivity index (χ3v) is 4.67. The molecule has 9 heteroatoms. The fraction of sp³-hybridized carbons (Fsp3) is 0.100. The number of rotatable bonds is 3. The van der Waals surface area contributed by atoms with Crippen LogP contribution in [0, 0.1) is 5.82 Å². The van der Waals surface area contributed by atoms with Gasteiger partial charge in [0.2, 0.25) is 5.88 Å². The Hall–Kier alpha value is -4.01. The Morgan fingerprint density at radius 2 is 2.03 bits per heavy atom. The van der Waals surface area contributed by atoms with E-state index in [1.165, 1.54) is 18.5 Å². The molecule has 1 aliphatic heterocycles. The molecule has 2 aromatic carbocycles. The second-order valence-electron chi connectivity index (χ2n) is 6.50. The molecule has 1 aliphatic rings. The molecule has 0 saturated heterocycles. The van der Waals surface area contributed by atoms with Crippen LogP contribution in [0.4, 0.5) is 9.18 Å². The standard InChI is InChI=1S/C20H15FN6O2/c21-14-6-7-16-15(8-14)18-23-11-25-27(18)10-17-19(24-12-26(16)17)29-20(28)22-9-13-4-2-1-3-5-13/h1-8,11-12H,9-10H2,(H,22,28). The van der Waals surface area contributed by atoms with Crippen molar-refractivity contribution in [1.29, 1.82) is 0 Å². The third kappa shape index (κ3) is 3.12. The summed E-state index contributed by atoms with van der Waals surface area (Å²) in [7, 11) is 0. The Bertz CT molecular complexity index is 1200. The number of carbonyl (C=O) groups is 1. The smallest absolute Gasteiger partial charge is 0.389 e. The Kier molecular flexibility index (Phi) is 4.05. The van der Waals surface area contributed by atoms with E-state index in [1.54, 1.807) is 21.6 Å². The van der Waals surface area contributed by atoms with Crippen molar-refractivity contribution >= 4 is 6.09 Å². The van der Waals surface area contributed by atoms with E-state index in [2.05, 4.69) is 20.4 Å². The van der Waals surface area contributed by atoms with E-state index in [-0.39, 0.29) is 18.2 Å². The summed E-state index contributed by atoms with van der Waals surface area (Å²) in [5.74, 6) is 0.315. The van der Waals surface area contributed by atoms with Crippen LogP contribution in [0.25, 0.3) is 17.1 Å². The summed E-state index contributed by atoms with van der Waals surface area (Å²) in [6.45, 7) is 0.609. The lowest BCUT2D eigenvalue weighted by molar-refractivity contribution is 0.197. The Balaban J connectivity index is 1.45. The minimum atomic E-state index is -0.613. The van der Waals surface area contributed by atoms with E-state index >= 15 is 0 Å². The fourth-order valence-electron chi connectivity index (χ4n) is 3.32. The van der Waals surface area contributed by atoms with Gasteiger partial charge < -0.3 is 10.1 Å². The zero-order chi connectivity index (χ0) is 19.8. The molecule has 3 heterocycles. The predicted molar refractivity (Wildman–Crippen MR) is 101 cm³/mol. The first-order valence-electron chi connectivity index (χ1n) is 8.93. The second-order valence-corrected chi connectivity index (χ2v) is 6.50. The molecule has 1 amide bonds. The van der Waals surface area contributed by atoms with Gasteiger partial charge in [0.25, 0.3) is 0 Å². The number of carbonyl (C=O) groups excluding carboxylic acids is 1. The van der Waals surface area contributed by atoms with Crippen LogP contribution >= 0.6 is 0 Å². The van der Waals surface area contributed by atoms with Crippen LogP contribution in [-0.2, 0) is 13.1 Å². The molecule has 0 bridgehead atoms. The minimum absolute atomic E-state index is 0.161. The quantitative estimate of drug-likeness (QED) is 0.512. The average molecular weight is 390 g/mol. The van der Waals surface area contributed by atoms with Crippen LogP contribution < -0.4 is 10.1 Å². The van der Waals surface area contributed by atoms with E-state index in [4.69, 9.17) is 4.74 Å². The lowest BCUT2D eigenvalue weighted by Gasteiger charge is -2.09. The SMILES string of the molecule is O=C(NCc1ccccc1)Oc1ncn2c1Cn1ncnc1-c1cc(F)ccc1-2. The number of ether oxygens (including phenoxy) is 1. The van der Waals surface area contributed by atoms with Crippen molar-refractivity contribution in [3.8, 4) is 23.0 Å². The highest BCUT2D eigenvalue weighted by atomic mass is 19.1. The molecule has 0 saturated carbocycles. The molecular weight excluding hydrogens is 375 g/mol. The zero-order valence-electron chi connectivity index (χ0n) is 15.1. The average Bonchev–Trinajstić information content (AvgIpc) is 3.32. The van der Waals surface area contributed by atoms with Crippen molar-refractivity contribution in [2.24, 2.45) is 0 Å². The Morgan fingerprint density at radius 3 is 2.90 bits per heavy atom. The molecule has 8 nitrogen and oxygen atoms in total. The van der Waals surface area contributed by atoms with Gasteiger partial charge in [0.15, 0.2) is 5.82 Å². The summed E-state index contributed by atoms with van der Waals surface area (Å²) < 4.78 is 22.7. The molecule has 0 atom stereocenters. The molecule has 1 N–H and O–H groups in total. The summed E-state index contributed by atoms with van der Waals surface area (Å²) in [6, 6.07) is 13.9. The Morgan fingerprint density at radius 1 is 1.17 bits per heavy atom. The topological polar surface area (TPSA) is 86.9 Å². The first kappa shape index (κ1) is 17.1. The minimum Gasteiger partial charge on any atom is -0.389 e. The van der Waals surface area contributed by atoms with Crippen molar-refractivity contribution in [3.05, 3.63) is 78.3 Å². The summed E-state index contributed by atoms with van der Waals surface area (Å²) in [5.41, 5.74) is 2.83. The number of hydrogen-bond donors (Lipinski definition) is 1. The zero-order valence-corrected chi connectivity index (χ0v) is 15.1. The Labute approximate surface area is 164 Å². The second kappa shape index (κ2) is 6.86. The van der Waals surface area contributed by atoms with Crippen LogP contribution in [0.3, 0.4) is 0 Å². The van der Waals surface area contributed by atoms with Crippen LogP contribution in [-0.4, -0.2) is 30.4 Å². The third-order valence-electron chi connectivity index (χ3n) is 4.67. The van der Waals surface area contributed by atoms with Gasteiger partial charge in [0.05, 0.1) is 12.2 Å². The van der Waals surface area contributed by atoms with Gasteiger partial charge in [-0.15, -0.1) is 0 Å². The van der Waals surface area contributed by atoms with Crippen LogP contribution in [0.15, 0.2) is 61.2 Å². The van der Waals surface area contributed by atoms with Gasteiger partial charge >= 0.3 is 6.09 Å². The van der Waals surface area contributed by atoms with Crippen molar-refractivity contribution in [1.82, 2.24) is 29.6 Å². The van der Waals surface area contributed by atoms with Crippen molar-refractivity contribution < 1.29 is 13.9 Å². The molecular formula is C20H15FN6O2. The molecule has 0 radical (unpaired) electrons. The molecule has 4 aromatic rings. The fourth-order valence-corrected chi connectivity index (χ4v) is 3.32. The highest BCUT2D eigenvalue weighted by Crippen LogP contribution is 2.33. The summed E-state index contributed by atoms with van der Waals surface area (Å²) in [5, 5.41) is 6.91. The van der Waals surface area contributed by atoms with Gasteiger partial charge in [-0.05, 0) is 23.8 Å². The van der Waals surface area contributed by atoms with E-state index in [0.717, 1.165) is 5.56 Å². The molecule has 2 aromatic heterocycles. The number of imidazole rings is 1. The van der Waals surface area contributed by atoms with Gasteiger partial charge in [0.1, 0.15) is 24.2 Å². The van der Waals surface area contributed by atoms with Gasteiger partial charge in [-0.25, -0.2) is 23.8 Å². The maximum atomic E-state index is 13.8. The summed E-state index contributed by atoms with van der Waals surface area (Å²) in [6.07, 6.45) is 2.33. The maximum absolute atomic E-state index is 13.8. The van der Waals surface area contributed by atoms with Gasteiger partial charge in [-0.1, -0.05) is 30.3 Å². The predicted octanol–water partition coefficient (Wildman–Crippen LogP) is 2.92. The lowest BCUT2D eigenvalue weighted by Crippen LogP contribution is -2.27. The molecule has 0 unspecified atom stereocenters. The highest BCUT2D eigenvalue weighted by Gasteiger charge is 2.25. The largest absolute Gasteiger partial charge is 0.414 e. The molecule has 0 fully saturated rings. The van der Waals surface area contributed by atoms with Crippen LogP contribution in [0.2, 0.25) is 0 Å². The lowest BCUT2D eigenvalue weighted by atomic mass is 10.1. The van der Waals surface area contributed by atoms with E-state index < -0.39 is 6.09 Å². The molecule has 0 aliphatic carbocycles. The molecule has 5 rings (SSSR count). The monoisotopic (exact) mass is 390 g/mol. The van der Waals surface area contributed by atoms with E-state index in [1.807, 2.05) is 30.3 Å². The first-order chi connectivity index (χ1) is 14.2. The normalized spacial score (nSPS) is 11.8. The number of nitrogens with zero attached hydrogens (tertiary/aromatic N) is 5. The van der Waals surface area contributed by atoms with Crippen molar-refractivity contribution in [2.75, 3.05) is 0 Å². The molecule has 29 heavy (non-hydrogen) atoms. The number of fused-ring (bicyclic) bond motifs is 5. The number of amides is 1. The van der Waals surface area contributed by atoms with Crippen molar-refractivity contribution in [3.63, 3.8) is 0 Å². The first-order valence-corrected chi connectivity index (χ1v) is 8.93. The highest BCUT2D eigenvalue weighted by molar-refractivity contribution is 5.72. The van der Waals surface area contributed by atoms with Crippen molar-refractivity contribution in [2.45, 2.75) is 13.1 Å². The van der Waals surface area contributed by atoms with Gasteiger partial charge in [0, 0.05) is 12.1 Å². The number of aromatic nitrogens is 5. The number of halogens is 1. The summed E-state index contributed by atoms with van der Waals surface area (Å²) >= 11 is 0.